The molecule has 0 aromatic heterocycles. The van der Waals surface area contributed by atoms with E-state index in [1.807, 2.05) is 0 Å². The summed E-state index contributed by atoms with van der Waals surface area (Å²) < 4.78 is 26.6. The molecule has 20 heavy (non-hydrogen) atoms. The van der Waals surface area contributed by atoms with Gasteiger partial charge in [0.05, 0.1) is 11.0 Å². The van der Waals surface area contributed by atoms with Crippen LogP contribution in [0, 0.1) is 27.7 Å². The van der Waals surface area contributed by atoms with Crippen LogP contribution in [0.1, 0.15) is 25.7 Å². The van der Waals surface area contributed by atoms with E-state index >= 15 is 0 Å². The Morgan fingerprint density at radius 1 is 1.30 bits per heavy atom. The van der Waals surface area contributed by atoms with Crippen molar-refractivity contribution in [2.45, 2.75) is 31.8 Å². The van der Waals surface area contributed by atoms with Crippen LogP contribution in [-0.2, 0) is 0 Å². The van der Waals surface area contributed by atoms with Crippen molar-refractivity contribution in [3.05, 3.63) is 33.9 Å². The van der Waals surface area contributed by atoms with Crippen molar-refractivity contribution in [3.63, 3.8) is 0 Å². The summed E-state index contributed by atoms with van der Waals surface area (Å²) in [5, 5.41) is 23.0. The summed E-state index contributed by atoms with van der Waals surface area (Å²) in [5.74, 6) is -1.80. The molecule has 0 amide bonds. The maximum atomic E-state index is 13.4. The van der Waals surface area contributed by atoms with Crippen molar-refractivity contribution in [1.82, 2.24) is 0 Å². The summed E-state index contributed by atoms with van der Waals surface area (Å²) in [4.78, 5) is 9.96. The highest BCUT2D eigenvalue weighted by molar-refractivity contribution is 5.62. The fraction of sp³-hybridized carbons (Fsp3) is 0.538. The number of nitro benzene ring substituents is 1. The third-order valence-electron chi connectivity index (χ3n) is 3.61. The lowest BCUT2D eigenvalue weighted by molar-refractivity contribution is -0.386. The van der Waals surface area contributed by atoms with Gasteiger partial charge in [0.1, 0.15) is 11.5 Å². The molecular formula is C13H16F2N2O3. The van der Waals surface area contributed by atoms with Crippen LogP contribution < -0.4 is 5.32 Å². The van der Waals surface area contributed by atoms with Crippen LogP contribution in [0.25, 0.3) is 0 Å². The molecule has 1 aromatic rings. The molecule has 5 nitrogen and oxygen atoms in total. The third kappa shape index (κ3) is 3.41. The highest BCUT2D eigenvalue weighted by Crippen LogP contribution is 2.30. The zero-order valence-corrected chi connectivity index (χ0v) is 10.8. The number of anilines is 1. The molecule has 0 bridgehead atoms. The lowest BCUT2D eigenvalue weighted by atomic mass is 9.87. The molecule has 1 aliphatic rings. The van der Waals surface area contributed by atoms with E-state index in [1.54, 1.807) is 0 Å². The largest absolute Gasteiger partial charge is 0.393 e. The van der Waals surface area contributed by atoms with Crippen molar-refractivity contribution in [2.24, 2.45) is 5.92 Å². The fourth-order valence-corrected chi connectivity index (χ4v) is 2.49. The minimum atomic E-state index is -1.18. The van der Waals surface area contributed by atoms with Crippen LogP contribution in [0.4, 0.5) is 20.2 Å². The smallest absolute Gasteiger partial charge is 0.327 e. The number of nitrogens with zero attached hydrogens (tertiary/aromatic N) is 1. The Morgan fingerprint density at radius 3 is 2.55 bits per heavy atom. The quantitative estimate of drug-likeness (QED) is 0.659. The van der Waals surface area contributed by atoms with E-state index in [-0.39, 0.29) is 17.7 Å². The monoisotopic (exact) mass is 286 g/mol. The van der Waals surface area contributed by atoms with E-state index in [9.17, 15) is 24.0 Å². The first-order valence-corrected chi connectivity index (χ1v) is 6.52. The van der Waals surface area contributed by atoms with Gasteiger partial charge in [-0.25, -0.2) is 4.39 Å². The van der Waals surface area contributed by atoms with Gasteiger partial charge in [-0.2, -0.15) is 4.39 Å². The first-order chi connectivity index (χ1) is 9.47. The zero-order valence-electron chi connectivity index (χ0n) is 10.8. The van der Waals surface area contributed by atoms with Gasteiger partial charge in [0.15, 0.2) is 0 Å². The second-order valence-electron chi connectivity index (χ2n) is 5.10. The molecule has 0 heterocycles. The van der Waals surface area contributed by atoms with Gasteiger partial charge in [-0.3, -0.25) is 10.1 Å². The number of hydrogen-bond acceptors (Lipinski definition) is 4. The van der Waals surface area contributed by atoms with E-state index in [2.05, 4.69) is 5.32 Å². The van der Waals surface area contributed by atoms with Crippen molar-refractivity contribution in [1.29, 1.82) is 0 Å². The van der Waals surface area contributed by atoms with E-state index in [0.717, 1.165) is 18.9 Å². The Bertz CT molecular complexity index is 503. The Hall–Kier alpha value is -1.76. The molecule has 0 saturated heterocycles. The van der Waals surface area contributed by atoms with Gasteiger partial charge in [0.2, 0.25) is 5.82 Å². The lowest BCUT2D eigenvalue weighted by Crippen LogP contribution is -2.23. The molecule has 1 aromatic carbocycles. The molecule has 2 rings (SSSR count). The molecule has 0 spiro atoms. The molecule has 0 atom stereocenters. The van der Waals surface area contributed by atoms with Gasteiger partial charge in [-0.05, 0) is 31.6 Å². The van der Waals surface area contributed by atoms with E-state index < -0.39 is 22.2 Å². The molecular weight excluding hydrogens is 270 g/mol. The number of benzene rings is 1. The van der Waals surface area contributed by atoms with Crippen molar-refractivity contribution >= 4 is 11.4 Å². The molecule has 2 N–H and O–H groups in total. The first-order valence-electron chi connectivity index (χ1n) is 6.52. The maximum Gasteiger partial charge on any atom is 0.327 e. The van der Waals surface area contributed by atoms with Gasteiger partial charge in [-0.1, -0.05) is 0 Å². The fourth-order valence-electron chi connectivity index (χ4n) is 2.49. The number of rotatable bonds is 4. The minimum absolute atomic E-state index is 0.140. The number of hydrogen-bond donors (Lipinski definition) is 2. The average molecular weight is 286 g/mol. The Kier molecular flexibility index (Phi) is 4.49. The average Bonchev–Trinajstić information content (AvgIpc) is 2.36. The van der Waals surface area contributed by atoms with Gasteiger partial charge >= 0.3 is 5.69 Å². The minimum Gasteiger partial charge on any atom is -0.393 e. The number of nitro groups is 1. The maximum absolute atomic E-state index is 13.4. The van der Waals surface area contributed by atoms with Gasteiger partial charge in [0.25, 0.3) is 0 Å². The Morgan fingerprint density at radius 2 is 1.95 bits per heavy atom. The van der Waals surface area contributed by atoms with E-state index in [1.165, 1.54) is 0 Å². The number of nitrogens with one attached hydrogen (secondary N) is 1. The Labute approximate surface area is 114 Å². The highest BCUT2D eigenvalue weighted by atomic mass is 19.1. The van der Waals surface area contributed by atoms with Gasteiger partial charge in [0, 0.05) is 18.7 Å². The van der Waals surface area contributed by atoms with Crippen LogP contribution in [0.2, 0.25) is 0 Å². The van der Waals surface area contributed by atoms with Crippen LogP contribution >= 0.6 is 0 Å². The summed E-state index contributed by atoms with van der Waals surface area (Å²) in [6.45, 7) is 0.399. The highest BCUT2D eigenvalue weighted by Gasteiger charge is 2.24. The molecule has 7 heteroatoms. The van der Waals surface area contributed by atoms with Crippen LogP contribution in [-0.4, -0.2) is 22.7 Å². The molecule has 1 fully saturated rings. The summed E-state index contributed by atoms with van der Waals surface area (Å²) in [6, 6.07) is 1.43. The number of halogens is 2. The van der Waals surface area contributed by atoms with Gasteiger partial charge in [-0.15, -0.1) is 0 Å². The standard InChI is InChI=1S/C13H16F2N2O3/c14-9-5-11(15)13(17(19)20)12(6-9)16-7-8-1-3-10(18)4-2-8/h5-6,8,10,16,18H,1-4,7H2. The van der Waals surface area contributed by atoms with Gasteiger partial charge < -0.3 is 10.4 Å². The number of aliphatic hydroxyl groups excluding tert-OH is 1. The Balaban J connectivity index is 2.07. The molecule has 0 unspecified atom stereocenters. The summed E-state index contributed by atoms with van der Waals surface area (Å²) in [5.41, 5.74) is -0.874. The molecule has 1 aliphatic carbocycles. The molecule has 1 saturated carbocycles. The topological polar surface area (TPSA) is 75.4 Å². The van der Waals surface area contributed by atoms with E-state index in [0.29, 0.717) is 25.5 Å². The van der Waals surface area contributed by atoms with E-state index in [4.69, 9.17) is 0 Å². The van der Waals surface area contributed by atoms with Crippen molar-refractivity contribution in [3.8, 4) is 0 Å². The second-order valence-corrected chi connectivity index (χ2v) is 5.10. The zero-order chi connectivity index (χ0) is 14.7. The summed E-state index contributed by atoms with van der Waals surface area (Å²) >= 11 is 0. The van der Waals surface area contributed by atoms with Crippen LogP contribution in [0.3, 0.4) is 0 Å². The third-order valence-corrected chi connectivity index (χ3v) is 3.61. The molecule has 0 aliphatic heterocycles. The summed E-state index contributed by atoms with van der Waals surface area (Å²) in [6.07, 6.45) is 2.67. The normalized spacial score (nSPS) is 22.6. The van der Waals surface area contributed by atoms with Crippen molar-refractivity contribution < 1.29 is 18.8 Å². The predicted molar refractivity (Wildman–Crippen MR) is 69.5 cm³/mol. The van der Waals surface area contributed by atoms with Crippen LogP contribution in [0.15, 0.2) is 12.1 Å². The SMILES string of the molecule is O=[N+]([O-])c1c(F)cc(F)cc1NCC1CCC(O)CC1. The predicted octanol–water partition coefficient (Wildman–Crippen LogP) is 2.84. The first kappa shape index (κ1) is 14.6. The van der Waals surface area contributed by atoms with Crippen LogP contribution in [0.5, 0.6) is 0 Å². The molecule has 0 radical (unpaired) electrons. The second kappa shape index (κ2) is 6.13. The van der Waals surface area contributed by atoms with Crippen molar-refractivity contribution in [2.75, 3.05) is 11.9 Å². The summed E-state index contributed by atoms with van der Waals surface area (Å²) in [7, 11) is 0. The lowest BCUT2D eigenvalue weighted by Gasteiger charge is -2.25. The molecule has 110 valence electrons. The number of aliphatic hydroxyl groups is 1.